The Morgan fingerprint density at radius 1 is 1.13 bits per heavy atom. The Labute approximate surface area is 172 Å². The Bertz CT molecular complexity index is 1290. The van der Waals surface area contributed by atoms with Crippen LogP contribution in [0.25, 0.3) is 5.78 Å². The minimum absolute atomic E-state index is 0.0378. The van der Waals surface area contributed by atoms with Crippen LogP contribution in [0.1, 0.15) is 33.1 Å². The monoisotopic (exact) mass is 398 g/mol. The highest BCUT2D eigenvalue weighted by atomic mass is 16.5. The maximum Gasteiger partial charge on any atom is 0.295 e. The van der Waals surface area contributed by atoms with E-state index in [2.05, 4.69) is 26.5 Å². The summed E-state index contributed by atoms with van der Waals surface area (Å²) >= 11 is 0. The molecule has 0 spiro atoms. The molecule has 2 aromatic heterocycles. The first-order chi connectivity index (χ1) is 14.5. The Morgan fingerprint density at radius 3 is 2.80 bits per heavy atom. The number of ether oxygens (including phenoxy) is 1. The number of nitrogens with one attached hydrogen (secondary N) is 1. The van der Waals surface area contributed by atoms with Crippen LogP contribution in [-0.2, 0) is 6.61 Å². The van der Waals surface area contributed by atoms with Crippen molar-refractivity contribution in [2.75, 3.05) is 5.32 Å². The van der Waals surface area contributed by atoms with Crippen LogP contribution < -0.4 is 10.1 Å². The van der Waals surface area contributed by atoms with Gasteiger partial charge in [-0.3, -0.25) is 4.79 Å². The van der Waals surface area contributed by atoms with Gasteiger partial charge in [-0.05, 0) is 49.7 Å². The summed E-state index contributed by atoms with van der Waals surface area (Å²) in [6.45, 7) is 4.06. The number of fused-ring (bicyclic) bond motifs is 1. The smallest absolute Gasteiger partial charge is 0.295 e. The molecule has 8 nitrogen and oxygen atoms in total. The molecule has 2 heterocycles. The summed E-state index contributed by atoms with van der Waals surface area (Å²) in [6, 6.07) is 18.2. The number of amides is 1. The van der Waals surface area contributed by atoms with E-state index in [0.717, 1.165) is 17.0 Å². The number of aryl methyl sites for hydroxylation is 2. The third-order valence-electron chi connectivity index (χ3n) is 4.37. The normalized spacial score (nSPS) is 10.6. The zero-order valence-corrected chi connectivity index (χ0v) is 16.5. The lowest BCUT2D eigenvalue weighted by molar-refractivity contribution is 0.101. The number of carbonyl (C=O) groups is 1. The van der Waals surface area contributed by atoms with Crippen LogP contribution in [-0.4, -0.2) is 25.5 Å². The molecule has 4 rings (SSSR count). The van der Waals surface area contributed by atoms with Crippen molar-refractivity contribution in [2.24, 2.45) is 0 Å². The number of nitrogens with zero attached hydrogens (tertiary/aromatic N) is 5. The van der Waals surface area contributed by atoms with E-state index in [-0.39, 0.29) is 5.82 Å². The van der Waals surface area contributed by atoms with Crippen molar-refractivity contribution >= 4 is 17.4 Å². The van der Waals surface area contributed by atoms with Crippen molar-refractivity contribution in [3.8, 4) is 11.8 Å². The summed E-state index contributed by atoms with van der Waals surface area (Å²) < 4.78 is 7.33. The van der Waals surface area contributed by atoms with Gasteiger partial charge in [0.15, 0.2) is 0 Å². The van der Waals surface area contributed by atoms with E-state index in [9.17, 15) is 4.79 Å². The first-order valence-corrected chi connectivity index (χ1v) is 9.26. The third kappa shape index (κ3) is 4.10. The quantitative estimate of drug-likeness (QED) is 0.552. The van der Waals surface area contributed by atoms with Crippen LogP contribution >= 0.6 is 0 Å². The average Bonchev–Trinajstić information content (AvgIpc) is 3.17. The van der Waals surface area contributed by atoms with Crippen molar-refractivity contribution in [1.29, 1.82) is 5.26 Å². The standard InChI is InChI=1S/C22H18N6O2/c1-14-9-15(2)28-22(24-14)26-20(27-28)21(29)25-18-7-4-8-19(11-18)30-13-17-6-3-5-16(10-17)12-23/h3-11H,13H2,1-2H3,(H,25,29). The van der Waals surface area contributed by atoms with E-state index in [0.29, 0.717) is 29.4 Å². The molecule has 0 fully saturated rings. The second-order valence-corrected chi connectivity index (χ2v) is 6.77. The van der Waals surface area contributed by atoms with Gasteiger partial charge in [-0.2, -0.15) is 10.2 Å². The number of rotatable bonds is 5. The molecule has 8 heteroatoms. The summed E-state index contributed by atoms with van der Waals surface area (Å²) in [5.74, 6) is 0.577. The first kappa shape index (κ1) is 19.1. The van der Waals surface area contributed by atoms with Gasteiger partial charge in [0.05, 0.1) is 11.6 Å². The predicted octanol–water partition coefficient (Wildman–Crippen LogP) is 3.44. The van der Waals surface area contributed by atoms with E-state index in [1.54, 1.807) is 36.4 Å². The number of hydrogen-bond acceptors (Lipinski definition) is 6. The second kappa shape index (κ2) is 8.01. The molecule has 0 bridgehead atoms. The largest absolute Gasteiger partial charge is 0.489 e. The number of carbonyl (C=O) groups excluding carboxylic acids is 1. The fourth-order valence-electron chi connectivity index (χ4n) is 3.01. The molecule has 1 amide bonds. The van der Waals surface area contributed by atoms with Gasteiger partial charge < -0.3 is 10.1 Å². The fraction of sp³-hybridized carbons (Fsp3) is 0.136. The lowest BCUT2D eigenvalue weighted by atomic mass is 10.1. The van der Waals surface area contributed by atoms with Gasteiger partial charge in [-0.25, -0.2) is 9.50 Å². The van der Waals surface area contributed by atoms with Crippen LogP contribution in [0.5, 0.6) is 5.75 Å². The predicted molar refractivity (Wildman–Crippen MR) is 110 cm³/mol. The van der Waals surface area contributed by atoms with Crippen molar-refractivity contribution in [3.05, 3.63) is 82.9 Å². The van der Waals surface area contributed by atoms with Crippen molar-refractivity contribution in [2.45, 2.75) is 20.5 Å². The fourth-order valence-corrected chi connectivity index (χ4v) is 3.01. The molecule has 0 saturated carbocycles. The summed E-state index contributed by atoms with van der Waals surface area (Å²) in [7, 11) is 0. The summed E-state index contributed by atoms with van der Waals surface area (Å²) in [4.78, 5) is 21.1. The number of nitriles is 1. The van der Waals surface area contributed by atoms with Crippen LogP contribution in [0.2, 0.25) is 0 Å². The molecular weight excluding hydrogens is 380 g/mol. The maximum absolute atomic E-state index is 12.6. The van der Waals surface area contributed by atoms with Crippen LogP contribution in [0.3, 0.4) is 0 Å². The van der Waals surface area contributed by atoms with Crippen LogP contribution in [0.4, 0.5) is 5.69 Å². The summed E-state index contributed by atoms with van der Waals surface area (Å²) in [6.07, 6.45) is 0. The Morgan fingerprint density at radius 2 is 1.97 bits per heavy atom. The molecule has 4 aromatic rings. The molecule has 148 valence electrons. The Balaban J connectivity index is 1.47. The number of hydrogen-bond donors (Lipinski definition) is 1. The zero-order chi connectivity index (χ0) is 21.1. The average molecular weight is 398 g/mol. The lowest BCUT2D eigenvalue weighted by Crippen LogP contribution is -2.14. The highest BCUT2D eigenvalue weighted by Crippen LogP contribution is 2.19. The molecule has 0 aliphatic rings. The minimum Gasteiger partial charge on any atom is -0.489 e. The van der Waals surface area contributed by atoms with Crippen molar-refractivity contribution in [1.82, 2.24) is 19.6 Å². The van der Waals surface area contributed by atoms with Crippen molar-refractivity contribution in [3.63, 3.8) is 0 Å². The number of aromatic nitrogens is 4. The molecular formula is C22H18N6O2. The van der Waals surface area contributed by atoms with Gasteiger partial charge in [-0.1, -0.05) is 18.2 Å². The molecule has 1 N–H and O–H groups in total. The summed E-state index contributed by atoms with van der Waals surface area (Å²) in [5, 5.41) is 16.0. The van der Waals surface area contributed by atoms with Crippen molar-refractivity contribution < 1.29 is 9.53 Å². The van der Waals surface area contributed by atoms with E-state index in [1.807, 2.05) is 32.0 Å². The minimum atomic E-state index is -0.434. The van der Waals surface area contributed by atoms with E-state index in [4.69, 9.17) is 10.00 Å². The number of anilines is 1. The SMILES string of the molecule is Cc1cc(C)n2nc(C(=O)Nc3cccc(OCc4cccc(C#N)c4)c3)nc2n1. The highest BCUT2D eigenvalue weighted by molar-refractivity contribution is 6.01. The van der Waals surface area contributed by atoms with Crippen LogP contribution in [0.15, 0.2) is 54.6 Å². The molecule has 0 unspecified atom stereocenters. The molecule has 2 aromatic carbocycles. The zero-order valence-electron chi connectivity index (χ0n) is 16.5. The lowest BCUT2D eigenvalue weighted by Gasteiger charge is -2.09. The van der Waals surface area contributed by atoms with Gasteiger partial charge in [0.25, 0.3) is 11.7 Å². The van der Waals surface area contributed by atoms with Gasteiger partial charge in [0.2, 0.25) is 5.82 Å². The van der Waals surface area contributed by atoms with E-state index in [1.165, 1.54) is 4.52 Å². The van der Waals surface area contributed by atoms with Gasteiger partial charge in [0, 0.05) is 23.1 Å². The first-order valence-electron chi connectivity index (χ1n) is 9.26. The maximum atomic E-state index is 12.6. The highest BCUT2D eigenvalue weighted by Gasteiger charge is 2.15. The van der Waals surface area contributed by atoms with Gasteiger partial charge >= 0.3 is 0 Å². The molecule has 0 aliphatic carbocycles. The van der Waals surface area contributed by atoms with E-state index >= 15 is 0 Å². The molecule has 30 heavy (non-hydrogen) atoms. The van der Waals surface area contributed by atoms with Gasteiger partial charge in [0.1, 0.15) is 12.4 Å². The van der Waals surface area contributed by atoms with Crippen LogP contribution in [0, 0.1) is 25.2 Å². The van der Waals surface area contributed by atoms with E-state index < -0.39 is 5.91 Å². The molecule has 0 saturated heterocycles. The number of benzene rings is 2. The second-order valence-electron chi connectivity index (χ2n) is 6.77. The third-order valence-corrected chi connectivity index (χ3v) is 4.37. The Hall–Kier alpha value is -4.25. The van der Waals surface area contributed by atoms with Gasteiger partial charge in [-0.15, -0.1) is 5.10 Å². The molecule has 0 aliphatic heterocycles. The Kier molecular flexibility index (Phi) is 5.09. The topological polar surface area (TPSA) is 105 Å². The molecule has 0 radical (unpaired) electrons. The summed E-state index contributed by atoms with van der Waals surface area (Å²) in [5.41, 5.74) is 3.68. The molecule has 0 atom stereocenters.